The summed E-state index contributed by atoms with van der Waals surface area (Å²) < 4.78 is 0. The summed E-state index contributed by atoms with van der Waals surface area (Å²) in [5.41, 5.74) is 4.42. The Kier molecular flexibility index (Phi) is 4.84. The molecule has 0 aromatic carbocycles. The summed E-state index contributed by atoms with van der Waals surface area (Å²) in [6.07, 6.45) is 2.86. The molecule has 1 rings (SSSR count). The molecule has 6 heteroatoms. The fourth-order valence-corrected chi connectivity index (χ4v) is 1.92. The zero-order valence-corrected chi connectivity index (χ0v) is 11.0. The lowest BCUT2D eigenvalue weighted by Crippen LogP contribution is -2.65. The predicted molar refractivity (Wildman–Crippen MR) is 66.5 cm³/mol. The van der Waals surface area contributed by atoms with E-state index in [1.807, 2.05) is 0 Å². The van der Waals surface area contributed by atoms with Crippen molar-refractivity contribution < 1.29 is 14.4 Å². The molecule has 18 heavy (non-hydrogen) atoms. The molecule has 0 unspecified atom stereocenters. The van der Waals surface area contributed by atoms with Gasteiger partial charge in [-0.2, -0.15) is 0 Å². The Labute approximate surface area is 107 Å². The van der Waals surface area contributed by atoms with Gasteiger partial charge in [0.05, 0.1) is 0 Å². The van der Waals surface area contributed by atoms with Crippen molar-refractivity contribution in [2.45, 2.75) is 45.1 Å². The Bertz CT molecular complexity index is 352. The van der Waals surface area contributed by atoms with Gasteiger partial charge in [0.15, 0.2) is 0 Å². The molecule has 1 aliphatic heterocycles. The number of carbonyl (C=O) groups excluding carboxylic acids is 3. The monoisotopic (exact) mass is 255 g/mol. The molecular formula is C12H21N3O3. The van der Waals surface area contributed by atoms with Crippen LogP contribution in [0.4, 0.5) is 0 Å². The van der Waals surface area contributed by atoms with E-state index in [1.165, 1.54) is 4.90 Å². The van der Waals surface area contributed by atoms with Crippen LogP contribution in [0.15, 0.2) is 0 Å². The minimum Gasteiger partial charge on any atom is -0.330 e. The van der Waals surface area contributed by atoms with E-state index < -0.39 is 17.4 Å². The molecule has 0 aliphatic carbocycles. The van der Waals surface area contributed by atoms with Gasteiger partial charge in [-0.1, -0.05) is 6.42 Å². The highest BCUT2D eigenvalue weighted by atomic mass is 16.2. The van der Waals surface area contributed by atoms with Crippen LogP contribution in [-0.2, 0) is 14.4 Å². The molecule has 3 N–H and O–H groups in total. The summed E-state index contributed by atoms with van der Waals surface area (Å²) >= 11 is 0. The second-order valence-electron chi connectivity index (χ2n) is 5.02. The smallest absolute Gasteiger partial charge is 0.252 e. The van der Waals surface area contributed by atoms with Gasteiger partial charge in [0.1, 0.15) is 12.1 Å². The van der Waals surface area contributed by atoms with E-state index in [-0.39, 0.29) is 12.5 Å². The Morgan fingerprint density at radius 1 is 1.33 bits per heavy atom. The Hall–Kier alpha value is -1.43. The van der Waals surface area contributed by atoms with Gasteiger partial charge < -0.3 is 10.6 Å². The van der Waals surface area contributed by atoms with Crippen molar-refractivity contribution in [3.05, 3.63) is 0 Å². The molecule has 102 valence electrons. The van der Waals surface area contributed by atoms with Gasteiger partial charge in [0.2, 0.25) is 11.8 Å². The van der Waals surface area contributed by atoms with E-state index in [2.05, 4.69) is 5.32 Å². The van der Waals surface area contributed by atoms with Crippen LogP contribution in [-0.4, -0.2) is 41.2 Å². The SMILES string of the molecule is CC1(C)C(=O)NC(=O)CN1C(=O)CCCCCN. The number of piperazine rings is 1. The van der Waals surface area contributed by atoms with Crippen LogP contribution in [0.25, 0.3) is 0 Å². The standard InChI is InChI=1S/C12H21N3O3/c1-12(2)11(18)14-9(16)8-15(12)10(17)6-4-3-5-7-13/h3-8,13H2,1-2H3,(H,14,16,18). The van der Waals surface area contributed by atoms with Crippen LogP contribution in [0.3, 0.4) is 0 Å². The third kappa shape index (κ3) is 3.29. The van der Waals surface area contributed by atoms with Crippen LogP contribution < -0.4 is 11.1 Å². The fourth-order valence-electron chi connectivity index (χ4n) is 1.92. The Morgan fingerprint density at radius 3 is 2.61 bits per heavy atom. The topological polar surface area (TPSA) is 92.5 Å². The van der Waals surface area contributed by atoms with E-state index in [9.17, 15) is 14.4 Å². The van der Waals surface area contributed by atoms with Crippen molar-refractivity contribution in [2.75, 3.05) is 13.1 Å². The maximum atomic E-state index is 12.0. The van der Waals surface area contributed by atoms with Crippen LogP contribution in [0.1, 0.15) is 39.5 Å². The number of rotatable bonds is 5. The third-order valence-electron chi connectivity index (χ3n) is 3.18. The minimum absolute atomic E-state index is 0.0472. The van der Waals surface area contributed by atoms with Crippen LogP contribution in [0.5, 0.6) is 0 Å². The first-order chi connectivity index (χ1) is 8.39. The highest BCUT2D eigenvalue weighted by molar-refractivity contribution is 6.06. The number of imide groups is 1. The van der Waals surface area contributed by atoms with Gasteiger partial charge in [-0.25, -0.2) is 0 Å². The van der Waals surface area contributed by atoms with Crippen molar-refractivity contribution in [3.8, 4) is 0 Å². The first kappa shape index (κ1) is 14.6. The van der Waals surface area contributed by atoms with E-state index in [0.29, 0.717) is 13.0 Å². The van der Waals surface area contributed by atoms with Crippen LogP contribution in [0.2, 0.25) is 0 Å². The summed E-state index contributed by atoms with van der Waals surface area (Å²) in [5, 5.41) is 2.24. The van der Waals surface area contributed by atoms with E-state index in [4.69, 9.17) is 5.73 Å². The number of hydrogen-bond donors (Lipinski definition) is 2. The van der Waals surface area contributed by atoms with Gasteiger partial charge in [0, 0.05) is 6.42 Å². The van der Waals surface area contributed by atoms with Gasteiger partial charge in [-0.05, 0) is 33.2 Å². The number of unbranched alkanes of at least 4 members (excludes halogenated alkanes) is 2. The number of hydrogen-bond acceptors (Lipinski definition) is 4. The molecule has 0 atom stereocenters. The highest BCUT2D eigenvalue weighted by Crippen LogP contribution is 2.20. The summed E-state index contributed by atoms with van der Waals surface area (Å²) in [5.74, 6) is -0.996. The average Bonchev–Trinajstić information content (AvgIpc) is 2.29. The average molecular weight is 255 g/mol. The third-order valence-corrected chi connectivity index (χ3v) is 3.18. The second kappa shape index (κ2) is 5.95. The lowest BCUT2D eigenvalue weighted by atomic mass is 9.97. The van der Waals surface area contributed by atoms with Crippen molar-refractivity contribution in [1.29, 1.82) is 0 Å². The predicted octanol–water partition coefficient (Wildman–Crippen LogP) is -0.231. The van der Waals surface area contributed by atoms with Crippen LogP contribution in [0, 0.1) is 0 Å². The van der Waals surface area contributed by atoms with Crippen molar-refractivity contribution >= 4 is 17.7 Å². The van der Waals surface area contributed by atoms with Gasteiger partial charge >= 0.3 is 0 Å². The summed E-state index contributed by atoms with van der Waals surface area (Å²) in [6, 6.07) is 0. The summed E-state index contributed by atoms with van der Waals surface area (Å²) in [7, 11) is 0. The van der Waals surface area contributed by atoms with E-state index >= 15 is 0 Å². The molecule has 1 aliphatic rings. The summed E-state index contributed by atoms with van der Waals surface area (Å²) in [4.78, 5) is 36.4. The fraction of sp³-hybridized carbons (Fsp3) is 0.750. The quantitative estimate of drug-likeness (QED) is 0.524. The van der Waals surface area contributed by atoms with Gasteiger partial charge in [-0.3, -0.25) is 19.7 Å². The van der Waals surface area contributed by atoms with Gasteiger partial charge in [0.25, 0.3) is 5.91 Å². The number of amides is 3. The number of nitrogens with two attached hydrogens (primary N) is 1. The first-order valence-electron chi connectivity index (χ1n) is 6.24. The maximum Gasteiger partial charge on any atom is 0.252 e. The zero-order valence-electron chi connectivity index (χ0n) is 11.0. The lowest BCUT2D eigenvalue weighted by molar-refractivity contribution is -0.155. The molecule has 0 aromatic rings. The molecule has 0 spiro atoms. The van der Waals surface area contributed by atoms with E-state index in [1.54, 1.807) is 13.8 Å². The summed E-state index contributed by atoms with van der Waals surface area (Å²) in [6.45, 7) is 3.86. The number of carbonyl (C=O) groups is 3. The molecule has 0 saturated carbocycles. The molecule has 0 aromatic heterocycles. The molecule has 1 fully saturated rings. The Balaban J connectivity index is 2.59. The molecular weight excluding hydrogens is 234 g/mol. The van der Waals surface area contributed by atoms with Crippen molar-refractivity contribution in [3.63, 3.8) is 0 Å². The largest absolute Gasteiger partial charge is 0.330 e. The van der Waals surface area contributed by atoms with Gasteiger partial charge in [-0.15, -0.1) is 0 Å². The minimum atomic E-state index is -0.959. The van der Waals surface area contributed by atoms with Crippen LogP contribution >= 0.6 is 0 Å². The number of nitrogens with zero attached hydrogens (tertiary/aromatic N) is 1. The normalized spacial score (nSPS) is 18.7. The molecule has 1 saturated heterocycles. The molecule has 6 nitrogen and oxygen atoms in total. The molecule has 0 bridgehead atoms. The molecule has 1 heterocycles. The zero-order chi connectivity index (χ0) is 13.8. The van der Waals surface area contributed by atoms with Crippen molar-refractivity contribution in [2.24, 2.45) is 5.73 Å². The highest BCUT2D eigenvalue weighted by Gasteiger charge is 2.42. The Morgan fingerprint density at radius 2 is 2.00 bits per heavy atom. The first-order valence-corrected chi connectivity index (χ1v) is 6.24. The lowest BCUT2D eigenvalue weighted by Gasteiger charge is -2.40. The second-order valence-corrected chi connectivity index (χ2v) is 5.02. The maximum absolute atomic E-state index is 12.0. The number of nitrogens with one attached hydrogen (secondary N) is 1. The molecule has 0 radical (unpaired) electrons. The van der Waals surface area contributed by atoms with Crippen molar-refractivity contribution in [1.82, 2.24) is 10.2 Å². The molecule has 3 amide bonds. The van der Waals surface area contributed by atoms with E-state index in [0.717, 1.165) is 19.3 Å².